The van der Waals surface area contributed by atoms with Gasteiger partial charge in [-0.3, -0.25) is 15.1 Å². The molecule has 19 heavy (non-hydrogen) atoms. The molecular weight excluding hydrogens is 266 g/mol. The van der Waals surface area contributed by atoms with E-state index < -0.39 is 0 Å². The van der Waals surface area contributed by atoms with Crippen LogP contribution in [0.25, 0.3) is 10.8 Å². The lowest BCUT2D eigenvalue weighted by Crippen LogP contribution is -2.13. The van der Waals surface area contributed by atoms with Crippen LogP contribution in [0.4, 0.5) is 5.13 Å². The highest BCUT2D eigenvalue weighted by Crippen LogP contribution is 2.26. The maximum atomic E-state index is 11.8. The van der Waals surface area contributed by atoms with E-state index in [1.165, 1.54) is 29.9 Å². The van der Waals surface area contributed by atoms with E-state index in [1.807, 2.05) is 0 Å². The van der Waals surface area contributed by atoms with Crippen LogP contribution >= 0.6 is 11.3 Å². The van der Waals surface area contributed by atoms with Crippen LogP contribution in [0.15, 0.2) is 41.4 Å². The van der Waals surface area contributed by atoms with Crippen molar-refractivity contribution in [2.75, 3.05) is 5.32 Å². The normalized spacial score (nSPS) is 10.3. The number of aromatic nitrogens is 4. The maximum Gasteiger partial charge on any atom is 0.277 e. The molecule has 0 unspecified atom stereocenters. The lowest BCUT2D eigenvalue weighted by molar-refractivity contribution is 0.102. The number of furan rings is 1. The first kappa shape index (κ1) is 11.5. The Labute approximate surface area is 111 Å². The number of carbonyl (C=O) groups is 1. The molecule has 0 aliphatic heterocycles. The second-order valence-corrected chi connectivity index (χ2v) is 4.41. The molecule has 3 aromatic rings. The minimum atomic E-state index is -0.379. The zero-order valence-corrected chi connectivity index (χ0v) is 10.3. The Bertz CT molecular complexity index is 680. The van der Waals surface area contributed by atoms with Gasteiger partial charge in [0, 0.05) is 12.4 Å². The van der Waals surface area contributed by atoms with E-state index in [0.717, 1.165) is 0 Å². The van der Waals surface area contributed by atoms with Crippen LogP contribution in [0, 0.1) is 0 Å². The monoisotopic (exact) mass is 273 g/mol. The zero-order valence-electron chi connectivity index (χ0n) is 9.48. The second-order valence-electron chi connectivity index (χ2n) is 3.43. The number of nitrogens with one attached hydrogen (secondary N) is 1. The molecule has 1 amide bonds. The summed E-state index contributed by atoms with van der Waals surface area (Å²) in [6.45, 7) is 0. The third kappa shape index (κ3) is 2.47. The van der Waals surface area contributed by atoms with Crippen LogP contribution in [0.3, 0.4) is 0 Å². The van der Waals surface area contributed by atoms with E-state index in [2.05, 4.69) is 25.5 Å². The van der Waals surface area contributed by atoms with Gasteiger partial charge in [0.25, 0.3) is 5.91 Å². The van der Waals surface area contributed by atoms with E-state index in [0.29, 0.717) is 15.9 Å². The second kappa shape index (κ2) is 4.94. The van der Waals surface area contributed by atoms with E-state index in [1.54, 1.807) is 18.4 Å². The molecular formula is C11H7N5O2S. The van der Waals surface area contributed by atoms with Crippen LogP contribution in [0.1, 0.15) is 10.5 Å². The molecule has 0 aliphatic carbocycles. The van der Waals surface area contributed by atoms with Gasteiger partial charge in [0.2, 0.25) is 5.13 Å². The van der Waals surface area contributed by atoms with Gasteiger partial charge in [-0.05, 0) is 12.1 Å². The van der Waals surface area contributed by atoms with Crippen molar-refractivity contribution < 1.29 is 9.21 Å². The van der Waals surface area contributed by atoms with Crippen molar-refractivity contribution >= 4 is 22.4 Å². The third-order valence-corrected chi connectivity index (χ3v) is 3.03. The quantitative estimate of drug-likeness (QED) is 0.782. The first-order valence-corrected chi connectivity index (χ1v) is 6.09. The summed E-state index contributed by atoms with van der Waals surface area (Å²) < 4.78 is 5.20. The molecule has 0 aromatic carbocycles. The fourth-order valence-corrected chi connectivity index (χ4v) is 2.06. The standard InChI is InChI=1S/C11H7N5O2S/c17-9(7-6-12-3-4-13-7)14-11-16-15-10(19-11)8-2-1-5-18-8/h1-6H,(H,14,16,17). The fraction of sp³-hybridized carbons (Fsp3) is 0. The molecule has 0 saturated carbocycles. The first-order valence-electron chi connectivity index (χ1n) is 5.27. The van der Waals surface area contributed by atoms with Crippen LogP contribution in [-0.2, 0) is 0 Å². The average Bonchev–Trinajstić information content (AvgIpc) is 3.10. The fourth-order valence-electron chi connectivity index (χ4n) is 1.35. The van der Waals surface area contributed by atoms with Crippen LogP contribution < -0.4 is 5.32 Å². The van der Waals surface area contributed by atoms with Gasteiger partial charge >= 0.3 is 0 Å². The van der Waals surface area contributed by atoms with Gasteiger partial charge in [-0.1, -0.05) is 11.3 Å². The molecule has 0 aliphatic rings. The summed E-state index contributed by atoms with van der Waals surface area (Å²) >= 11 is 1.22. The summed E-state index contributed by atoms with van der Waals surface area (Å²) in [6.07, 6.45) is 5.87. The Morgan fingerprint density at radius 1 is 1.32 bits per heavy atom. The summed E-state index contributed by atoms with van der Waals surface area (Å²) in [4.78, 5) is 19.5. The molecule has 7 nitrogen and oxygen atoms in total. The Morgan fingerprint density at radius 2 is 2.26 bits per heavy atom. The van der Waals surface area contributed by atoms with Gasteiger partial charge in [-0.15, -0.1) is 10.2 Å². The lowest BCUT2D eigenvalue weighted by Gasteiger charge is -1.98. The van der Waals surface area contributed by atoms with Gasteiger partial charge in [0.05, 0.1) is 12.5 Å². The zero-order chi connectivity index (χ0) is 13.1. The summed E-state index contributed by atoms with van der Waals surface area (Å²) in [5.74, 6) is 0.229. The number of carbonyl (C=O) groups excluding carboxylic acids is 1. The molecule has 0 saturated heterocycles. The van der Waals surface area contributed by atoms with Gasteiger partial charge in [0.15, 0.2) is 10.8 Å². The summed E-state index contributed by atoms with van der Waals surface area (Å²) in [7, 11) is 0. The number of hydrogen-bond donors (Lipinski definition) is 1. The van der Waals surface area contributed by atoms with E-state index in [9.17, 15) is 4.79 Å². The topological polar surface area (TPSA) is 93.8 Å². The summed E-state index contributed by atoms with van der Waals surface area (Å²) in [5, 5.41) is 11.4. The molecule has 0 bridgehead atoms. The van der Waals surface area contributed by atoms with Crippen molar-refractivity contribution in [3.8, 4) is 10.8 Å². The Morgan fingerprint density at radius 3 is 3.00 bits per heavy atom. The van der Waals surface area contributed by atoms with E-state index in [-0.39, 0.29) is 11.6 Å². The molecule has 0 fully saturated rings. The van der Waals surface area contributed by atoms with Crippen molar-refractivity contribution in [1.29, 1.82) is 0 Å². The van der Waals surface area contributed by atoms with Crippen LogP contribution in [0.2, 0.25) is 0 Å². The smallest absolute Gasteiger partial charge is 0.277 e. The molecule has 8 heteroatoms. The molecule has 0 atom stereocenters. The highest BCUT2D eigenvalue weighted by Gasteiger charge is 2.13. The van der Waals surface area contributed by atoms with Gasteiger partial charge in [0.1, 0.15) is 5.69 Å². The minimum Gasteiger partial charge on any atom is -0.462 e. The molecule has 3 heterocycles. The number of rotatable bonds is 3. The Balaban J connectivity index is 1.76. The Kier molecular flexibility index (Phi) is 2.99. The molecule has 0 radical (unpaired) electrons. The minimum absolute atomic E-state index is 0.220. The molecule has 0 spiro atoms. The van der Waals surface area contributed by atoms with Crippen molar-refractivity contribution in [3.05, 3.63) is 42.7 Å². The van der Waals surface area contributed by atoms with Crippen molar-refractivity contribution in [3.63, 3.8) is 0 Å². The number of nitrogens with zero attached hydrogens (tertiary/aromatic N) is 4. The largest absolute Gasteiger partial charge is 0.462 e. The van der Waals surface area contributed by atoms with Crippen LogP contribution in [0.5, 0.6) is 0 Å². The lowest BCUT2D eigenvalue weighted by atomic mass is 10.4. The number of hydrogen-bond acceptors (Lipinski definition) is 7. The Hall–Kier alpha value is -2.61. The predicted octanol–water partition coefficient (Wildman–Crippen LogP) is 1.84. The summed E-state index contributed by atoms with van der Waals surface area (Å²) in [5.41, 5.74) is 0.220. The molecule has 3 rings (SSSR count). The molecule has 94 valence electrons. The van der Waals surface area contributed by atoms with Crippen molar-refractivity contribution in [2.45, 2.75) is 0 Å². The first-order chi connectivity index (χ1) is 9.33. The van der Waals surface area contributed by atoms with Gasteiger partial charge in [-0.25, -0.2) is 4.98 Å². The highest BCUT2D eigenvalue weighted by atomic mass is 32.1. The SMILES string of the molecule is O=C(Nc1nnc(-c2ccco2)s1)c1cnccn1. The van der Waals surface area contributed by atoms with E-state index >= 15 is 0 Å². The highest BCUT2D eigenvalue weighted by molar-refractivity contribution is 7.18. The number of anilines is 1. The summed E-state index contributed by atoms with van der Waals surface area (Å²) in [6, 6.07) is 3.53. The molecule has 3 aromatic heterocycles. The van der Waals surface area contributed by atoms with Crippen molar-refractivity contribution in [1.82, 2.24) is 20.2 Å². The van der Waals surface area contributed by atoms with Crippen molar-refractivity contribution in [2.24, 2.45) is 0 Å². The predicted molar refractivity (Wildman–Crippen MR) is 67.6 cm³/mol. The third-order valence-electron chi connectivity index (χ3n) is 2.17. The van der Waals surface area contributed by atoms with E-state index in [4.69, 9.17) is 4.42 Å². The number of amides is 1. The molecule has 1 N–H and O–H groups in total. The van der Waals surface area contributed by atoms with Crippen LogP contribution in [-0.4, -0.2) is 26.1 Å². The van der Waals surface area contributed by atoms with Gasteiger partial charge < -0.3 is 4.42 Å². The maximum absolute atomic E-state index is 11.8. The average molecular weight is 273 g/mol. The van der Waals surface area contributed by atoms with Gasteiger partial charge in [-0.2, -0.15) is 0 Å².